The van der Waals surface area contributed by atoms with Gasteiger partial charge in [0.05, 0.1) is 6.07 Å². The summed E-state index contributed by atoms with van der Waals surface area (Å²) in [5.41, 5.74) is 4.14. The third-order valence-corrected chi connectivity index (χ3v) is 3.48. The van der Waals surface area contributed by atoms with Crippen LogP contribution in [0.5, 0.6) is 0 Å². The minimum Gasteiger partial charge on any atom is -0.299 e. The Morgan fingerprint density at radius 3 is 2.67 bits per heavy atom. The van der Waals surface area contributed by atoms with E-state index in [1.54, 1.807) is 0 Å². The average molecular weight is 240 g/mol. The monoisotopic (exact) mass is 240 g/mol. The highest BCUT2D eigenvalue weighted by Crippen LogP contribution is 2.22. The molecule has 2 heteroatoms. The van der Waals surface area contributed by atoms with Gasteiger partial charge in [-0.3, -0.25) is 4.90 Å². The van der Waals surface area contributed by atoms with Crippen molar-refractivity contribution < 1.29 is 0 Å². The Balaban J connectivity index is 1.90. The van der Waals surface area contributed by atoms with Crippen LogP contribution in [0.4, 0.5) is 0 Å². The molecule has 0 fully saturated rings. The lowest BCUT2D eigenvalue weighted by Crippen LogP contribution is -2.29. The van der Waals surface area contributed by atoms with E-state index < -0.39 is 0 Å². The van der Waals surface area contributed by atoms with E-state index >= 15 is 0 Å². The Labute approximate surface area is 110 Å². The van der Waals surface area contributed by atoms with Crippen LogP contribution in [0.25, 0.3) is 5.57 Å². The molecule has 0 spiro atoms. The lowest BCUT2D eigenvalue weighted by molar-refractivity contribution is 0.299. The van der Waals surface area contributed by atoms with Gasteiger partial charge in [0.1, 0.15) is 0 Å². The molecule has 1 aliphatic rings. The molecule has 1 heterocycles. The van der Waals surface area contributed by atoms with Gasteiger partial charge in [-0.1, -0.05) is 35.9 Å². The van der Waals surface area contributed by atoms with Gasteiger partial charge in [-0.05, 0) is 37.4 Å². The predicted molar refractivity (Wildman–Crippen MR) is 75.1 cm³/mol. The van der Waals surface area contributed by atoms with Crippen LogP contribution in [0, 0.1) is 18.3 Å². The Hall–Kier alpha value is -1.59. The number of unbranched alkanes of at least 4 members (excludes halogenated alkanes) is 1. The molecule has 0 bridgehead atoms. The molecule has 1 aromatic carbocycles. The quantitative estimate of drug-likeness (QED) is 0.754. The van der Waals surface area contributed by atoms with Gasteiger partial charge in [0, 0.05) is 19.5 Å². The summed E-state index contributed by atoms with van der Waals surface area (Å²) in [7, 11) is 0. The summed E-state index contributed by atoms with van der Waals surface area (Å²) in [4.78, 5) is 2.43. The summed E-state index contributed by atoms with van der Waals surface area (Å²) in [6.07, 6.45) is 5.12. The molecule has 0 unspecified atom stereocenters. The molecule has 1 aliphatic heterocycles. The molecule has 2 nitrogen and oxygen atoms in total. The largest absolute Gasteiger partial charge is 0.299 e. The van der Waals surface area contributed by atoms with Gasteiger partial charge in [-0.2, -0.15) is 5.26 Å². The molecule has 0 aromatic heterocycles. The number of benzene rings is 1. The second-order valence-electron chi connectivity index (χ2n) is 4.91. The zero-order valence-electron chi connectivity index (χ0n) is 11.0. The molecule has 0 amide bonds. The predicted octanol–water partition coefficient (Wildman–Crippen LogP) is 3.39. The minimum absolute atomic E-state index is 0.672. The highest BCUT2D eigenvalue weighted by atomic mass is 15.1. The Morgan fingerprint density at radius 2 is 2.06 bits per heavy atom. The molecule has 0 N–H and O–H groups in total. The first-order valence-corrected chi connectivity index (χ1v) is 6.65. The van der Waals surface area contributed by atoms with Gasteiger partial charge in [-0.25, -0.2) is 0 Å². The van der Waals surface area contributed by atoms with Crippen LogP contribution in [0.1, 0.15) is 30.4 Å². The SMILES string of the molecule is Cc1ccc(C2=CCN(CCCC#N)CC2)cc1. The molecule has 2 rings (SSSR count). The van der Waals surface area contributed by atoms with Crippen LogP contribution in [-0.4, -0.2) is 24.5 Å². The normalized spacial score (nSPS) is 16.1. The van der Waals surface area contributed by atoms with E-state index in [-0.39, 0.29) is 0 Å². The zero-order chi connectivity index (χ0) is 12.8. The zero-order valence-corrected chi connectivity index (χ0v) is 11.0. The first-order valence-electron chi connectivity index (χ1n) is 6.65. The van der Waals surface area contributed by atoms with Gasteiger partial charge < -0.3 is 0 Å². The smallest absolute Gasteiger partial charge is 0.0622 e. The van der Waals surface area contributed by atoms with Crippen molar-refractivity contribution in [1.29, 1.82) is 5.26 Å². The molecule has 18 heavy (non-hydrogen) atoms. The Kier molecular flexibility index (Phi) is 4.55. The van der Waals surface area contributed by atoms with Crippen molar-refractivity contribution in [2.45, 2.75) is 26.2 Å². The number of hydrogen-bond donors (Lipinski definition) is 0. The van der Waals surface area contributed by atoms with E-state index in [2.05, 4.69) is 48.2 Å². The van der Waals surface area contributed by atoms with Gasteiger partial charge in [0.25, 0.3) is 0 Å². The van der Waals surface area contributed by atoms with Gasteiger partial charge in [0.2, 0.25) is 0 Å². The Morgan fingerprint density at radius 1 is 1.28 bits per heavy atom. The van der Waals surface area contributed by atoms with E-state index in [4.69, 9.17) is 5.26 Å². The maximum absolute atomic E-state index is 8.53. The van der Waals surface area contributed by atoms with Crippen LogP contribution in [0.15, 0.2) is 30.3 Å². The van der Waals surface area contributed by atoms with E-state index in [1.807, 2.05) is 0 Å². The second-order valence-corrected chi connectivity index (χ2v) is 4.91. The molecule has 94 valence electrons. The van der Waals surface area contributed by atoms with Crippen molar-refractivity contribution in [2.75, 3.05) is 19.6 Å². The van der Waals surface area contributed by atoms with Crippen LogP contribution in [0.2, 0.25) is 0 Å². The van der Waals surface area contributed by atoms with Crippen LogP contribution in [-0.2, 0) is 0 Å². The molecular formula is C16H20N2. The topological polar surface area (TPSA) is 27.0 Å². The maximum Gasteiger partial charge on any atom is 0.0622 e. The summed E-state index contributed by atoms with van der Waals surface area (Å²) >= 11 is 0. The van der Waals surface area contributed by atoms with E-state index in [1.165, 1.54) is 16.7 Å². The van der Waals surface area contributed by atoms with Crippen LogP contribution < -0.4 is 0 Å². The van der Waals surface area contributed by atoms with E-state index in [0.29, 0.717) is 6.42 Å². The summed E-state index contributed by atoms with van der Waals surface area (Å²) in [6, 6.07) is 11.0. The average Bonchev–Trinajstić information content (AvgIpc) is 2.41. The number of hydrogen-bond acceptors (Lipinski definition) is 2. The standard InChI is InChI=1S/C16H20N2/c1-14-4-6-15(7-5-14)16-8-12-18(13-9-16)11-3-2-10-17/h4-8H,2-3,9,11-13H2,1H3. The molecule has 0 saturated carbocycles. The van der Waals surface area contributed by atoms with Crippen molar-refractivity contribution >= 4 is 5.57 Å². The van der Waals surface area contributed by atoms with Crippen molar-refractivity contribution in [3.63, 3.8) is 0 Å². The van der Waals surface area contributed by atoms with Crippen LogP contribution >= 0.6 is 0 Å². The first kappa shape index (κ1) is 12.9. The molecule has 0 aliphatic carbocycles. The first-order chi connectivity index (χ1) is 8.79. The van der Waals surface area contributed by atoms with E-state index in [9.17, 15) is 0 Å². The highest BCUT2D eigenvalue weighted by Gasteiger charge is 2.12. The fourth-order valence-corrected chi connectivity index (χ4v) is 2.33. The summed E-state index contributed by atoms with van der Waals surface area (Å²) in [6.45, 7) is 5.31. The fourth-order valence-electron chi connectivity index (χ4n) is 2.33. The number of nitrogens with zero attached hydrogens (tertiary/aromatic N) is 2. The van der Waals surface area contributed by atoms with Gasteiger partial charge in [0.15, 0.2) is 0 Å². The van der Waals surface area contributed by atoms with Gasteiger partial charge >= 0.3 is 0 Å². The van der Waals surface area contributed by atoms with Crippen molar-refractivity contribution in [3.8, 4) is 6.07 Å². The van der Waals surface area contributed by atoms with Crippen molar-refractivity contribution in [1.82, 2.24) is 4.90 Å². The third kappa shape index (κ3) is 3.45. The van der Waals surface area contributed by atoms with Gasteiger partial charge in [-0.15, -0.1) is 0 Å². The molecular weight excluding hydrogens is 220 g/mol. The minimum atomic E-state index is 0.672. The summed E-state index contributed by atoms with van der Waals surface area (Å²) < 4.78 is 0. The fraction of sp³-hybridized carbons (Fsp3) is 0.438. The van der Waals surface area contributed by atoms with Crippen LogP contribution in [0.3, 0.4) is 0 Å². The molecule has 0 radical (unpaired) electrons. The lowest BCUT2D eigenvalue weighted by Gasteiger charge is -2.26. The molecule has 0 saturated heterocycles. The lowest BCUT2D eigenvalue weighted by atomic mass is 9.98. The number of nitriles is 1. The van der Waals surface area contributed by atoms with E-state index in [0.717, 1.165) is 32.5 Å². The molecule has 0 atom stereocenters. The van der Waals surface area contributed by atoms with Crippen molar-refractivity contribution in [3.05, 3.63) is 41.5 Å². The summed E-state index contributed by atoms with van der Waals surface area (Å²) in [5, 5.41) is 8.53. The highest BCUT2D eigenvalue weighted by molar-refractivity contribution is 5.66. The number of rotatable bonds is 4. The Bertz CT molecular complexity index is 451. The maximum atomic E-state index is 8.53. The summed E-state index contributed by atoms with van der Waals surface area (Å²) in [5.74, 6) is 0. The molecule has 1 aromatic rings. The number of aryl methyl sites for hydroxylation is 1. The second kappa shape index (κ2) is 6.37. The van der Waals surface area contributed by atoms with Crippen molar-refractivity contribution in [2.24, 2.45) is 0 Å². The third-order valence-electron chi connectivity index (χ3n) is 3.48.